The fraction of sp³-hybridized carbons (Fsp3) is 0.833. The summed E-state index contributed by atoms with van der Waals surface area (Å²) in [5.41, 5.74) is -0.256. The molecule has 1 spiro atoms. The van der Waals surface area contributed by atoms with Crippen molar-refractivity contribution in [2.45, 2.75) is 25.3 Å². The van der Waals surface area contributed by atoms with E-state index >= 15 is 0 Å². The van der Waals surface area contributed by atoms with E-state index in [1.54, 1.807) is 0 Å². The van der Waals surface area contributed by atoms with E-state index in [4.69, 9.17) is 5.11 Å². The van der Waals surface area contributed by atoms with Gasteiger partial charge in [0.1, 0.15) is 0 Å². The summed E-state index contributed by atoms with van der Waals surface area (Å²) in [6.45, 7) is 1.14. The van der Waals surface area contributed by atoms with Crippen LogP contribution in [-0.4, -0.2) is 79.1 Å². The van der Waals surface area contributed by atoms with Gasteiger partial charge < -0.3 is 20.0 Å². The Hall–Kier alpha value is -1.55. The molecule has 2 aliphatic rings. The molecule has 9 nitrogen and oxygen atoms in total. The second-order valence-corrected chi connectivity index (χ2v) is 7.99. The van der Waals surface area contributed by atoms with Gasteiger partial charge in [-0.15, -0.1) is 0 Å². The second kappa shape index (κ2) is 5.92. The van der Waals surface area contributed by atoms with E-state index in [1.165, 1.54) is 9.80 Å². The number of amides is 2. The Balaban J connectivity index is 2.04. The van der Waals surface area contributed by atoms with Crippen molar-refractivity contribution in [1.29, 1.82) is 0 Å². The van der Waals surface area contributed by atoms with Crippen LogP contribution >= 0.6 is 0 Å². The minimum absolute atomic E-state index is 0.0511. The van der Waals surface area contributed by atoms with Gasteiger partial charge >= 0.3 is 12.2 Å². The Kier molecular flexibility index (Phi) is 4.52. The monoisotopic (exact) mass is 335 g/mol. The highest BCUT2D eigenvalue weighted by atomic mass is 32.2. The van der Waals surface area contributed by atoms with Gasteiger partial charge in [-0.05, 0) is 24.7 Å². The second-order valence-electron chi connectivity index (χ2n) is 6.16. The number of carbonyl (C=O) groups is 2. The maximum Gasteiger partial charge on any atom is 0.407 e. The Morgan fingerprint density at radius 1 is 1.23 bits per heavy atom. The highest BCUT2D eigenvalue weighted by Crippen LogP contribution is 2.43. The molecule has 3 N–H and O–H groups in total. The lowest BCUT2D eigenvalue weighted by molar-refractivity contribution is 0.0896. The van der Waals surface area contributed by atoms with Crippen LogP contribution in [0, 0.1) is 5.41 Å². The summed E-state index contributed by atoms with van der Waals surface area (Å²) in [5.74, 6) is 0. The number of sulfonamides is 1. The lowest BCUT2D eigenvalue weighted by Crippen LogP contribution is -2.44. The van der Waals surface area contributed by atoms with Crippen molar-refractivity contribution in [2.75, 3.05) is 32.4 Å². The summed E-state index contributed by atoms with van der Waals surface area (Å²) in [5, 5.41) is 18.3. The molecule has 2 amide bonds. The van der Waals surface area contributed by atoms with Crippen molar-refractivity contribution >= 4 is 22.2 Å². The van der Waals surface area contributed by atoms with Crippen molar-refractivity contribution in [3.05, 3.63) is 0 Å². The third kappa shape index (κ3) is 3.80. The van der Waals surface area contributed by atoms with Gasteiger partial charge in [0.05, 0.1) is 6.26 Å². The van der Waals surface area contributed by atoms with Crippen LogP contribution in [0.2, 0.25) is 0 Å². The summed E-state index contributed by atoms with van der Waals surface area (Å²) in [6.07, 6.45) is 0.747. The van der Waals surface area contributed by atoms with Crippen molar-refractivity contribution in [3.8, 4) is 0 Å². The van der Waals surface area contributed by atoms with Crippen LogP contribution in [-0.2, 0) is 10.0 Å². The fourth-order valence-corrected chi connectivity index (χ4v) is 3.85. The molecule has 2 heterocycles. The molecule has 0 aromatic rings. The van der Waals surface area contributed by atoms with Gasteiger partial charge in [0, 0.05) is 32.2 Å². The van der Waals surface area contributed by atoms with Gasteiger partial charge in [-0.1, -0.05) is 0 Å². The SMILES string of the molecule is CS(=O)(=O)NCC1CC2(CCN(C(=O)O)CC2)CN1C(=O)O. The zero-order valence-corrected chi connectivity index (χ0v) is 13.2. The number of hydrogen-bond acceptors (Lipinski definition) is 4. The first-order valence-electron chi connectivity index (χ1n) is 7.04. The van der Waals surface area contributed by atoms with Crippen molar-refractivity contribution in [2.24, 2.45) is 5.41 Å². The molecule has 126 valence electrons. The zero-order chi connectivity index (χ0) is 16.5. The van der Waals surface area contributed by atoms with Crippen LogP contribution in [0.1, 0.15) is 19.3 Å². The minimum Gasteiger partial charge on any atom is -0.465 e. The molecule has 2 saturated heterocycles. The number of piperidine rings is 1. The predicted octanol–water partition coefficient (Wildman–Crippen LogP) is 0.0481. The number of likely N-dealkylation sites (tertiary alicyclic amines) is 2. The largest absolute Gasteiger partial charge is 0.465 e. The van der Waals surface area contributed by atoms with Gasteiger partial charge in [-0.3, -0.25) is 0 Å². The first kappa shape index (κ1) is 16.8. The van der Waals surface area contributed by atoms with Crippen molar-refractivity contribution in [3.63, 3.8) is 0 Å². The molecule has 0 aromatic carbocycles. The topological polar surface area (TPSA) is 127 Å². The highest BCUT2D eigenvalue weighted by molar-refractivity contribution is 7.88. The molecule has 0 radical (unpaired) electrons. The van der Waals surface area contributed by atoms with E-state index in [-0.39, 0.29) is 12.0 Å². The first-order chi connectivity index (χ1) is 10.1. The molecule has 0 aromatic heterocycles. The van der Waals surface area contributed by atoms with E-state index in [1.807, 2.05) is 0 Å². The summed E-state index contributed by atoms with van der Waals surface area (Å²) in [7, 11) is -3.38. The molecular formula is C12H21N3O6S. The molecule has 2 fully saturated rings. The molecule has 0 bridgehead atoms. The van der Waals surface area contributed by atoms with E-state index in [9.17, 15) is 23.1 Å². The fourth-order valence-electron chi connectivity index (χ4n) is 3.35. The molecule has 10 heteroatoms. The highest BCUT2D eigenvalue weighted by Gasteiger charge is 2.47. The third-order valence-electron chi connectivity index (χ3n) is 4.54. The van der Waals surface area contributed by atoms with Crippen LogP contribution in [0.15, 0.2) is 0 Å². The minimum atomic E-state index is -3.38. The molecule has 0 aliphatic carbocycles. The lowest BCUT2D eigenvalue weighted by Gasteiger charge is -2.37. The van der Waals surface area contributed by atoms with Gasteiger partial charge in [0.2, 0.25) is 10.0 Å². The van der Waals surface area contributed by atoms with Gasteiger partial charge in [0.25, 0.3) is 0 Å². The Labute approximate surface area is 128 Å². The van der Waals surface area contributed by atoms with E-state index < -0.39 is 28.3 Å². The normalized spacial score (nSPS) is 24.7. The van der Waals surface area contributed by atoms with Crippen LogP contribution < -0.4 is 4.72 Å². The molecule has 0 saturated carbocycles. The number of rotatable bonds is 3. The summed E-state index contributed by atoms with van der Waals surface area (Å²) in [4.78, 5) is 24.9. The molecule has 1 atom stereocenters. The zero-order valence-electron chi connectivity index (χ0n) is 12.4. The van der Waals surface area contributed by atoms with Crippen LogP contribution in [0.25, 0.3) is 0 Å². The summed E-state index contributed by atoms with van der Waals surface area (Å²) < 4.78 is 24.8. The smallest absolute Gasteiger partial charge is 0.407 e. The quantitative estimate of drug-likeness (QED) is 0.668. The van der Waals surface area contributed by atoms with Crippen LogP contribution in [0.3, 0.4) is 0 Å². The standard InChI is InChI=1S/C12H21N3O6S/c1-22(20,21)13-7-9-6-12(8-15(9)11(18)19)2-4-14(5-3-12)10(16)17/h9,13H,2-8H2,1H3,(H,16,17)(H,18,19). The van der Waals surface area contributed by atoms with Crippen molar-refractivity contribution < 1.29 is 28.2 Å². The molecule has 1 unspecified atom stereocenters. The number of carboxylic acid groups (broad SMARTS) is 2. The van der Waals surface area contributed by atoms with E-state index in [2.05, 4.69) is 4.72 Å². The van der Waals surface area contributed by atoms with Crippen LogP contribution in [0.4, 0.5) is 9.59 Å². The molecule has 22 heavy (non-hydrogen) atoms. The van der Waals surface area contributed by atoms with Gasteiger partial charge in [0.15, 0.2) is 0 Å². The molecular weight excluding hydrogens is 314 g/mol. The molecule has 2 rings (SSSR count). The van der Waals surface area contributed by atoms with E-state index in [0.29, 0.717) is 38.9 Å². The Morgan fingerprint density at radius 3 is 2.27 bits per heavy atom. The van der Waals surface area contributed by atoms with Gasteiger partial charge in [-0.2, -0.15) is 0 Å². The summed E-state index contributed by atoms with van der Waals surface area (Å²) >= 11 is 0. The van der Waals surface area contributed by atoms with Gasteiger partial charge in [-0.25, -0.2) is 22.7 Å². The number of nitrogens with one attached hydrogen (secondary N) is 1. The third-order valence-corrected chi connectivity index (χ3v) is 5.23. The average Bonchev–Trinajstić information content (AvgIpc) is 2.75. The maximum absolute atomic E-state index is 11.4. The number of hydrogen-bond donors (Lipinski definition) is 3. The maximum atomic E-state index is 11.4. The van der Waals surface area contributed by atoms with E-state index in [0.717, 1.165) is 6.26 Å². The average molecular weight is 335 g/mol. The Morgan fingerprint density at radius 2 is 1.82 bits per heavy atom. The number of nitrogens with zero attached hydrogens (tertiary/aromatic N) is 2. The molecule has 2 aliphatic heterocycles. The summed E-state index contributed by atoms with van der Waals surface area (Å²) in [6, 6.07) is -0.413. The predicted molar refractivity (Wildman–Crippen MR) is 77.2 cm³/mol. The lowest BCUT2D eigenvalue weighted by atomic mass is 9.76. The van der Waals surface area contributed by atoms with Crippen molar-refractivity contribution in [1.82, 2.24) is 14.5 Å². The Bertz CT molecular complexity index is 555. The van der Waals surface area contributed by atoms with Crippen LogP contribution in [0.5, 0.6) is 0 Å². The first-order valence-corrected chi connectivity index (χ1v) is 8.93.